The third kappa shape index (κ3) is 4.19. The van der Waals surface area contributed by atoms with Gasteiger partial charge in [0.25, 0.3) is 5.56 Å². The van der Waals surface area contributed by atoms with Crippen LogP contribution in [0.3, 0.4) is 0 Å². The van der Waals surface area contributed by atoms with Crippen LogP contribution in [0.4, 0.5) is 0 Å². The number of hydrogen-bond donors (Lipinski definition) is 1. The van der Waals surface area contributed by atoms with Gasteiger partial charge in [0.2, 0.25) is 0 Å². The molecule has 0 amide bonds. The number of rotatable bonds is 6. The number of ketones is 1. The second-order valence-electron chi connectivity index (χ2n) is 4.33. The molecule has 6 heteroatoms. The minimum atomic E-state index is -0.216. The van der Waals surface area contributed by atoms with Crippen LogP contribution in [-0.2, 0) is 0 Å². The molecule has 0 aliphatic rings. The summed E-state index contributed by atoms with van der Waals surface area (Å²) in [5, 5.41) is 0.447. The Hall–Kier alpha value is -2.08. The topological polar surface area (TPSA) is 72.0 Å². The number of aryl methyl sites for hydroxylation is 1. The van der Waals surface area contributed by atoms with Gasteiger partial charge in [-0.15, -0.1) is 0 Å². The number of ether oxygens (including phenoxy) is 1. The molecule has 1 N–H and O–H groups in total. The molecule has 0 fully saturated rings. The Morgan fingerprint density at radius 1 is 1.38 bits per heavy atom. The summed E-state index contributed by atoms with van der Waals surface area (Å²) in [7, 11) is 0. The van der Waals surface area contributed by atoms with Crippen molar-refractivity contribution in [3.63, 3.8) is 0 Å². The molecular formula is C15H16N2O3S. The van der Waals surface area contributed by atoms with Gasteiger partial charge in [-0.1, -0.05) is 23.9 Å². The van der Waals surface area contributed by atoms with Crippen molar-refractivity contribution in [1.29, 1.82) is 0 Å². The van der Waals surface area contributed by atoms with Gasteiger partial charge in [-0.25, -0.2) is 4.98 Å². The van der Waals surface area contributed by atoms with Gasteiger partial charge in [-0.2, -0.15) is 0 Å². The zero-order valence-electron chi connectivity index (χ0n) is 11.9. The number of aromatic amines is 1. The van der Waals surface area contributed by atoms with Crippen LogP contribution in [0.1, 0.15) is 23.0 Å². The van der Waals surface area contributed by atoms with Crippen LogP contribution in [0.25, 0.3) is 0 Å². The number of nitrogens with zero attached hydrogens (tertiary/aromatic N) is 1. The van der Waals surface area contributed by atoms with Crippen molar-refractivity contribution in [3.8, 4) is 5.75 Å². The molecule has 2 rings (SSSR count). The van der Waals surface area contributed by atoms with Crippen molar-refractivity contribution in [1.82, 2.24) is 9.97 Å². The van der Waals surface area contributed by atoms with E-state index in [0.29, 0.717) is 28.8 Å². The van der Waals surface area contributed by atoms with E-state index in [9.17, 15) is 9.59 Å². The number of para-hydroxylation sites is 1. The van der Waals surface area contributed by atoms with Gasteiger partial charge in [-0.3, -0.25) is 9.59 Å². The third-order valence-corrected chi connectivity index (χ3v) is 3.55. The van der Waals surface area contributed by atoms with Gasteiger partial charge in [0.15, 0.2) is 10.9 Å². The number of nitrogens with one attached hydrogen (secondary N) is 1. The molecule has 0 saturated carbocycles. The van der Waals surface area contributed by atoms with E-state index in [1.807, 2.05) is 13.0 Å². The second kappa shape index (κ2) is 7.08. The molecule has 0 aliphatic carbocycles. The lowest BCUT2D eigenvalue weighted by Gasteiger charge is -2.08. The maximum Gasteiger partial charge on any atom is 0.251 e. The number of hydrogen-bond acceptors (Lipinski definition) is 5. The molecule has 0 atom stereocenters. The van der Waals surface area contributed by atoms with Crippen LogP contribution in [0.2, 0.25) is 0 Å². The van der Waals surface area contributed by atoms with E-state index in [1.54, 1.807) is 25.1 Å². The van der Waals surface area contributed by atoms with Gasteiger partial charge < -0.3 is 9.72 Å². The predicted octanol–water partition coefficient (Wildman–Crippen LogP) is 2.45. The summed E-state index contributed by atoms with van der Waals surface area (Å²) in [6, 6.07) is 8.55. The highest BCUT2D eigenvalue weighted by molar-refractivity contribution is 7.99. The summed E-state index contributed by atoms with van der Waals surface area (Å²) in [5.41, 5.74) is 0.956. The van der Waals surface area contributed by atoms with Crippen LogP contribution in [-0.4, -0.2) is 28.1 Å². The third-order valence-electron chi connectivity index (χ3n) is 2.68. The first-order chi connectivity index (χ1) is 10.1. The summed E-state index contributed by atoms with van der Waals surface area (Å²) in [6.45, 7) is 4.12. The van der Waals surface area contributed by atoms with Crippen LogP contribution in [0.15, 0.2) is 40.3 Å². The summed E-state index contributed by atoms with van der Waals surface area (Å²) >= 11 is 1.21. The molecule has 0 unspecified atom stereocenters. The number of carbonyl (C=O) groups is 1. The molecule has 0 saturated heterocycles. The number of H-pyrrole nitrogens is 1. The van der Waals surface area contributed by atoms with Crippen LogP contribution in [0.5, 0.6) is 5.75 Å². The Labute approximate surface area is 126 Å². The molecule has 0 aliphatic heterocycles. The van der Waals surface area contributed by atoms with Crippen LogP contribution in [0, 0.1) is 6.92 Å². The van der Waals surface area contributed by atoms with E-state index in [-0.39, 0.29) is 17.1 Å². The predicted molar refractivity (Wildman–Crippen MR) is 82.3 cm³/mol. The highest BCUT2D eigenvalue weighted by atomic mass is 32.2. The number of Topliss-reactive ketones (excluding diaryl/α,β-unsaturated/α-hetero) is 1. The van der Waals surface area contributed by atoms with E-state index < -0.39 is 0 Å². The van der Waals surface area contributed by atoms with Crippen LogP contribution >= 0.6 is 11.8 Å². The SMILES string of the molecule is CCOc1ccccc1C(=O)CSc1nc(C)cc(=O)[nH]1. The van der Waals surface area contributed by atoms with E-state index >= 15 is 0 Å². The zero-order valence-corrected chi connectivity index (χ0v) is 12.7. The second-order valence-corrected chi connectivity index (χ2v) is 5.30. The summed E-state index contributed by atoms with van der Waals surface area (Å²) in [4.78, 5) is 30.4. The Morgan fingerprint density at radius 2 is 2.14 bits per heavy atom. The average Bonchev–Trinajstić information content (AvgIpc) is 2.45. The van der Waals surface area contributed by atoms with Crippen molar-refractivity contribution in [2.45, 2.75) is 19.0 Å². The minimum Gasteiger partial charge on any atom is -0.493 e. The number of thioether (sulfide) groups is 1. The number of aromatic nitrogens is 2. The molecule has 1 aromatic carbocycles. The Balaban J connectivity index is 2.10. The molecule has 0 spiro atoms. The van der Waals surface area contributed by atoms with Crippen molar-refractivity contribution in [3.05, 3.63) is 51.9 Å². The molecule has 0 radical (unpaired) electrons. The highest BCUT2D eigenvalue weighted by Crippen LogP contribution is 2.21. The van der Waals surface area contributed by atoms with Gasteiger partial charge >= 0.3 is 0 Å². The first kappa shape index (κ1) is 15.3. The normalized spacial score (nSPS) is 10.4. The molecule has 5 nitrogen and oxygen atoms in total. The molecule has 0 bridgehead atoms. The lowest BCUT2D eigenvalue weighted by molar-refractivity contribution is 0.101. The Morgan fingerprint density at radius 3 is 2.86 bits per heavy atom. The van der Waals surface area contributed by atoms with E-state index in [1.165, 1.54) is 17.8 Å². The first-order valence-corrected chi connectivity index (χ1v) is 7.54. The molecule has 21 heavy (non-hydrogen) atoms. The van der Waals surface area contributed by atoms with Crippen molar-refractivity contribution >= 4 is 17.5 Å². The van der Waals surface area contributed by atoms with Crippen LogP contribution < -0.4 is 10.3 Å². The average molecular weight is 304 g/mol. The molecule has 2 aromatic rings. The summed E-state index contributed by atoms with van der Waals surface area (Å²) in [5.74, 6) is 0.709. The quantitative estimate of drug-likeness (QED) is 0.504. The van der Waals surface area contributed by atoms with Crippen molar-refractivity contribution in [2.24, 2.45) is 0 Å². The summed E-state index contributed by atoms with van der Waals surface area (Å²) < 4.78 is 5.44. The Kier molecular flexibility index (Phi) is 5.16. The van der Waals surface area contributed by atoms with Gasteiger partial charge in [0.05, 0.1) is 17.9 Å². The fourth-order valence-corrected chi connectivity index (χ4v) is 2.61. The highest BCUT2D eigenvalue weighted by Gasteiger charge is 2.13. The first-order valence-electron chi connectivity index (χ1n) is 6.56. The largest absolute Gasteiger partial charge is 0.493 e. The molecule has 1 heterocycles. The maximum absolute atomic E-state index is 12.3. The van der Waals surface area contributed by atoms with Gasteiger partial charge in [0, 0.05) is 11.8 Å². The fraction of sp³-hybridized carbons (Fsp3) is 0.267. The minimum absolute atomic E-state index is 0.0618. The monoisotopic (exact) mass is 304 g/mol. The number of benzene rings is 1. The van der Waals surface area contributed by atoms with Gasteiger partial charge in [0.1, 0.15) is 5.75 Å². The maximum atomic E-state index is 12.3. The smallest absolute Gasteiger partial charge is 0.251 e. The lowest BCUT2D eigenvalue weighted by Crippen LogP contribution is -2.10. The molecule has 110 valence electrons. The van der Waals surface area contributed by atoms with Gasteiger partial charge in [-0.05, 0) is 26.0 Å². The molecule has 1 aromatic heterocycles. The Bertz CT molecular complexity index is 697. The fourth-order valence-electron chi connectivity index (χ4n) is 1.81. The van der Waals surface area contributed by atoms with E-state index in [0.717, 1.165) is 0 Å². The lowest BCUT2D eigenvalue weighted by atomic mass is 10.1. The van der Waals surface area contributed by atoms with Crippen molar-refractivity contribution in [2.75, 3.05) is 12.4 Å². The standard InChI is InChI=1S/C15H16N2O3S/c1-3-20-13-7-5-4-6-11(13)12(18)9-21-15-16-10(2)8-14(19)17-15/h4-8H,3,9H2,1-2H3,(H,16,17,19). The summed E-state index contributed by atoms with van der Waals surface area (Å²) in [6.07, 6.45) is 0. The zero-order chi connectivity index (χ0) is 15.2. The number of carbonyl (C=O) groups excluding carboxylic acids is 1. The van der Waals surface area contributed by atoms with Crippen molar-refractivity contribution < 1.29 is 9.53 Å². The van der Waals surface area contributed by atoms with E-state index in [4.69, 9.17) is 4.74 Å². The molecular weight excluding hydrogens is 288 g/mol. The van der Waals surface area contributed by atoms with E-state index in [2.05, 4.69) is 9.97 Å².